The van der Waals surface area contributed by atoms with E-state index in [1.165, 1.54) is 11.3 Å². The second-order valence-corrected chi connectivity index (χ2v) is 6.52. The maximum Gasteiger partial charge on any atom is 0.279 e. The van der Waals surface area contributed by atoms with E-state index in [0.717, 1.165) is 0 Å². The Bertz CT molecular complexity index is 1210. The average Bonchev–Trinajstić information content (AvgIpc) is 3.13. The number of amides is 1. The number of aromatic hydroxyl groups is 1. The number of hydrogen-bond acceptors (Lipinski definition) is 5. The molecule has 0 spiro atoms. The highest BCUT2D eigenvalue weighted by atomic mass is 32.1. The number of aromatic nitrogens is 2. The molecule has 128 valence electrons. The third-order valence-corrected chi connectivity index (χ3v) is 4.98. The van der Waals surface area contributed by atoms with Crippen LogP contribution in [0.4, 0.5) is 5.82 Å². The van der Waals surface area contributed by atoms with Crippen LogP contribution in [0.3, 0.4) is 0 Å². The molecule has 0 saturated heterocycles. The van der Waals surface area contributed by atoms with Crippen LogP contribution in [-0.4, -0.2) is 20.6 Å². The van der Waals surface area contributed by atoms with Gasteiger partial charge in [0.2, 0.25) is 5.88 Å². The van der Waals surface area contributed by atoms with Crippen LogP contribution in [0.1, 0.15) is 4.88 Å². The van der Waals surface area contributed by atoms with E-state index in [4.69, 9.17) is 0 Å². The second-order valence-electron chi connectivity index (χ2n) is 5.55. The van der Waals surface area contributed by atoms with Gasteiger partial charge in [0.1, 0.15) is 4.88 Å². The Morgan fingerprint density at radius 2 is 2.04 bits per heavy atom. The van der Waals surface area contributed by atoms with E-state index in [9.17, 15) is 9.90 Å². The molecule has 3 aromatic rings. The van der Waals surface area contributed by atoms with Crippen molar-refractivity contribution in [1.29, 1.82) is 0 Å². The molecule has 6 nitrogen and oxygen atoms in total. The van der Waals surface area contributed by atoms with Crippen LogP contribution in [0.25, 0.3) is 5.57 Å². The lowest BCUT2D eigenvalue weighted by molar-refractivity contribution is -0.112. The van der Waals surface area contributed by atoms with Gasteiger partial charge in [-0.15, -0.1) is 6.58 Å². The zero-order valence-corrected chi connectivity index (χ0v) is 14.5. The van der Waals surface area contributed by atoms with Crippen LogP contribution >= 0.6 is 11.3 Å². The van der Waals surface area contributed by atoms with Crippen LogP contribution in [0, 0.1) is 0 Å². The number of carbonyl (C=O) groups is 1. The molecule has 26 heavy (non-hydrogen) atoms. The molecule has 0 atom stereocenters. The summed E-state index contributed by atoms with van der Waals surface area (Å²) < 4.78 is 1.60. The number of thiazole rings is 1. The number of allylic oxidation sites excluding steroid dienone is 1. The molecule has 1 amide bonds. The van der Waals surface area contributed by atoms with E-state index in [1.54, 1.807) is 35.0 Å². The Morgan fingerprint density at radius 3 is 2.81 bits per heavy atom. The first-order valence-corrected chi connectivity index (χ1v) is 8.72. The van der Waals surface area contributed by atoms with Gasteiger partial charge in [0.25, 0.3) is 5.91 Å². The van der Waals surface area contributed by atoms with Crippen molar-refractivity contribution in [2.24, 2.45) is 9.98 Å². The Kier molecular flexibility index (Phi) is 4.06. The number of rotatable bonds is 4. The van der Waals surface area contributed by atoms with Crippen molar-refractivity contribution in [1.82, 2.24) is 9.55 Å². The van der Waals surface area contributed by atoms with E-state index >= 15 is 0 Å². The van der Waals surface area contributed by atoms with Crippen molar-refractivity contribution >= 4 is 28.6 Å². The molecule has 3 heterocycles. The summed E-state index contributed by atoms with van der Waals surface area (Å²) in [6.45, 7) is 4.08. The summed E-state index contributed by atoms with van der Waals surface area (Å²) >= 11 is 1.23. The summed E-state index contributed by atoms with van der Waals surface area (Å²) in [7, 11) is 0. The summed E-state index contributed by atoms with van der Waals surface area (Å²) in [5, 5.41) is 12.1. The standard InChI is InChI=1S/C19H14N4O2S/c1-2-11-23-18(25)16(26-19(23)22-14-9-5-6-10-20-14)15-12-7-3-4-8-13(12)21-17(15)24/h2-10,25H,1,11H2/b22-19+. The molecule has 4 rings (SSSR count). The van der Waals surface area contributed by atoms with Crippen molar-refractivity contribution in [3.05, 3.63) is 81.6 Å². The number of nitrogens with zero attached hydrogens (tertiary/aromatic N) is 4. The fraction of sp³-hybridized carbons (Fsp3) is 0.0526. The van der Waals surface area contributed by atoms with Crippen molar-refractivity contribution < 1.29 is 9.90 Å². The smallest absolute Gasteiger partial charge is 0.279 e. The van der Waals surface area contributed by atoms with E-state index < -0.39 is 0 Å². The van der Waals surface area contributed by atoms with Gasteiger partial charge < -0.3 is 5.11 Å². The number of carbonyl (C=O) groups excluding carboxylic acids is 1. The minimum Gasteiger partial charge on any atom is -0.493 e. The SMILES string of the molecule is C=CCn1c(O)c(C2=c3ccccc3=NC2=O)s/c1=N/c1ccccn1. The number of pyridine rings is 1. The van der Waals surface area contributed by atoms with E-state index in [-0.39, 0.29) is 11.8 Å². The minimum atomic E-state index is -0.363. The third kappa shape index (κ3) is 2.68. The fourth-order valence-electron chi connectivity index (χ4n) is 2.75. The minimum absolute atomic E-state index is 0.0279. The second kappa shape index (κ2) is 6.53. The zero-order valence-electron chi connectivity index (χ0n) is 13.7. The molecule has 0 fully saturated rings. The van der Waals surface area contributed by atoms with Crippen LogP contribution in [0.15, 0.2) is 71.3 Å². The lowest BCUT2D eigenvalue weighted by Crippen LogP contribution is -2.22. The van der Waals surface area contributed by atoms with Gasteiger partial charge in [0.15, 0.2) is 10.6 Å². The van der Waals surface area contributed by atoms with Crippen molar-refractivity contribution in [2.75, 3.05) is 0 Å². The quantitative estimate of drug-likeness (QED) is 0.713. The van der Waals surface area contributed by atoms with Crippen LogP contribution in [-0.2, 0) is 11.3 Å². The maximum absolute atomic E-state index is 12.4. The van der Waals surface area contributed by atoms with Crippen LogP contribution in [0.2, 0.25) is 0 Å². The van der Waals surface area contributed by atoms with Gasteiger partial charge in [-0.2, -0.15) is 0 Å². The monoisotopic (exact) mass is 362 g/mol. The maximum atomic E-state index is 12.4. The van der Waals surface area contributed by atoms with Gasteiger partial charge >= 0.3 is 0 Å². The first kappa shape index (κ1) is 16.2. The highest BCUT2D eigenvalue weighted by molar-refractivity contribution is 7.11. The molecule has 0 bridgehead atoms. The lowest BCUT2D eigenvalue weighted by atomic mass is 10.1. The highest BCUT2D eigenvalue weighted by Crippen LogP contribution is 2.28. The predicted octanol–water partition coefficient (Wildman–Crippen LogP) is 1.43. The van der Waals surface area contributed by atoms with Gasteiger partial charge in [-0.1, -0.05) is 41.7 Å². The summed E-state index contributed by atoms with van der Waals surface area (Å²) in [6, 6.07) is 12.7. The van der Waals surface area contributed by atoms with Crippen molar-refractivity contribution in [2.45, 2.75) is 6.54 Å². The molecule has 0 unspecified atom stereocenters. The van der Waals surface area contributed by atoms with Gasteiger partial charge in [0, 0.05) is 18.0 Å². The zero-order chi connectivity index (χ0) is 18.1. The molecular weight excluding hydrogens is 348 g/mol. The van der Waals surface area contributed by atoms with E-state index in [0.29, 0.717) is 38.2 Å². The number of para-hydroxylation sites is 1. The largest absolute Gasteiger partial charge is 0.493 e. The van der Waals surface area contributed by atoms with E-state index in [1.807, 2.05) is 24.3 Å². The molecule has 7 heteroatoms. The molecule has 1 aliphatic rings. The average molecular weight is 362 g/mol. The Balaban J connectivity index is 2.00. The molecule has 2 aromatic heterocycles. The summed E-state index contributed by atoms with van der Waals surface area (Å²) in [5.41, 5.74) is 0.392. The number of fused-ring (bicyclic) bond motifs is 1. The molecule has 1 N–H and O–H groups in total. The topological polar surface area (TPSA) is 79.8 Å². The number of hydrogen-bond donors (Lipinski definition) is 1. The molecular formula is C19H14N4O2S. The van der Waals surface area contributed by atoms with Crippen LogP contribution < -0.4 is 15.4 Å². The predicted molar refractivity (Wildman–Crippen MR) is 98.4 cm³/mol. The summed E-state index contributed by atoms with van der Waals surface area (Å²) in [5.74, 6) is 0.128. The first-order valence-electron chi connectivity index (χ1n) is 7.91. The summed E-state index contributed by atoms with van der Waals surface area (Å²) in [6.07, 6.45) is 3.31. The van der Waals surface area contributed by atoms with Gasteiger partial charge in [-0.3, -0.25) is 9.36 Å². The first-order chi connectivity index (χ1) is 12.7. The molecule has 1 aliphatic heterocycles. The van der Waals surface area contributed by atoms with Gasteiger partial charge in [-0.25, -0.2) is 15.0 Å². The Morgan fingerprint density at radius 1 is 1.23 bits per heavy atom. The molecule has 0 saturated carbocycles. The van der Waals surface area contributed by atoms with E-state index in [2.05, 4.69) is 21.5 Å². The van der Waals surface area contributed by atoms with Gasteiger partial charge in [0.05, 0.1) is 10.9 Å². The van der Waals surface area contributed by atoms with Crippen molar-refractivity contribution in [3.8, 4) is 5.88 Å². The molecule has 0 aliphatic carbocycles. The Hall–Kier alpha value is -3.32. The van der Waals surface area contributed by atoms with Crippen LogP contribution in [0.5, 0.6) is 5.88 Å². The Labute approximate surface area is 152 Å². The highest BCUT2D eigenvalue weighted by Gasteiger charge is 2.25. The number of benzene rings is 1. The lowest BCUT2D eigenvalue weighted by Gasteiger charge is -2.02. The van der Waals surface area contributed by atoms with Crippen molar-refractivity contribution in [3.63, 3.8) is 0 Å². The normalized spacial score (nSPS) is 13.6. The fourth-order valence-corrected chi connectivity index (χ4v) is 3.84. The molecule has 1 aromatic carbocycles. The molecule has 0 radical (unpaired) electrons. The summed E-state index contributed by atoms with van der Waals surface area (Å²) in [4.78, 5) is 26.2. The van der Waals surface area contributed by atoms with Gasteiger partial charge in [-0.05, 0) is 18.2 Å². The third-order valence-electron chi connectivity index (χ3n) is 3.89.